The number of alkyl halides is 3. The van der Waals surface area contributed by atoms with Crippen LogP contribution in [0.25, 0.3) is 22.4 Å². The molecule has 1 heterocycles. The minimum Gasteiger partial charge on any atom is -0.350 e. The molecule has 0 fully saturated rings. The molecule has 0 unspecified atom stereocenters. The Morgan fingerprint density at radius 2 is 1.63 bits per heavy atom. The molecule has 5 nitrogen and oxygen atoms in total. The molecule has 2 N–H and O–H groups in total. The maximum atomic E-state index is 14.1. The minimum absolute atomic E-state index is 0.207. The number of nitrogens with two attached hydrogens (primary N) is 1. The third-order valence-corrected chi connectivity index (χ3v) is 4.79. The molecule has 3 rings (SSSR count). The van der Waals surface area contributed by atoms with Gasteiger partial charge in [-0.3, -0.25) is 0 Å². The number of hydrogen-bond donors (Lipinski definition) is 1. The number of primary sulfonamides is 1. The fourth-order valence-corrected chi connectivity index (χ4v) is 3.16. The Morgan fingerprint density at radius 1 is 1.04 bits per heavy atom. The van der Waals surface area contributed by atoms with E-state index in [4.69, 9.17) is 16.7 Å². The molecule has 0 saturated carbocycles. The van der Waals surface area contributed by atoms with Crippen LogP contribution in [0.4, 0.5) is 17.6 Å². The van der Waals surface area contributed by atoms with Crippen LogP contribution in [0.3, 0.4) is 0 Å². The van der Waals surface area contributed by atoms with E-state index >= 15 is 0 Å². The van der Waals surface area contributed by atoms with Crippen molar-refractivity contribution in [1.82, 2.24) is 5.16 Å². The van der Waals surface area contributed by atoms with Crippen molar-refractivity contribution in [2.24, 2.45) is 5.14 Å². The summed E-state index contributed by atoms with van der Waals surface area (Å²) in [4.78, 5) is -0.843. The maximum absolute atomic E-state index is 14.1. The van der Waals surface area contributed by atoms with Gasteiger partial charge in [0.1, 0.15) is 16.4 Å². The van der Waals surface area contributed by atoms with E-state index in [1.807, 2.05) is 0 Å². The van der Waals surface area contributed by atoms with E-state index in [9.17, 15) is 26.0 Å². The first-order valence-electron chi connectivity index (χ1n) is 7.14. The molecule has 0 aliphatic carbocycles. The Hall–Kier alpha value is -2.43. The number of sulfonamides is 1. The lowest BCUT2D eigenvalue weighted by Crippen LogP contribution is -2.14. The molecule has 27 heavy (non-hydrogen) atoms. The van der Waals surface area contributed by atoms with Gasteiger partial charge >= 0.3 is 6.18 Å². The lowest BCUT2D eigenvalue weighted by Gasteiger charge is -2.09. The topological polar surface area (TPSA) is 86.2 Å². The maximum Gasteiger partial charge on any atom is 0.453 e. The average molecular weight is 421 g/mol. The third-order valence-electron chi connectivity index (χ3n) is 3.59. The van der Waals surface area contributed by atoms with Gasteiger partial charge in [0.2, 0.25) is 15.8 Å². The Bertz CT molecular complexity index is 1110. The van der Waals surface area contributed by atoms with Crippen molar-refractivity contribution in [2.75, 3.05) is 0 Å². The van der Waals surface area contributed by atoms with E-state index in [0.29, 0.717) is 11.1 Å². The van der Waals surface area contributed by atoms with Crippen LogP contribution in [0.15, 0.2) is 51.9 Å². The van der Waals surface area contributed by atoms with Crippen molar-refractivity contribution in [3.8, 4) is 22.4 Å². The first kappa shape index (κ1) is 19.3. The van der Waals surface area contributed by atoms with Crippen LogP contribution in [0.1, 0.15) is 5.76 Å². The summed E-state index contributed by atoms with van der Waals surface area (Å²) in [6.45, 7) is 0. The molecule has 142 valence electrons. The van der Waals surface area contributed by atoms with Gasteiger partial charge in [0.05, 0.1) is 5.56 Å². The largest absolute Gasteiger partial charge is 0.453 e. The van der Waals surface area contributed by atoms with E-state index in [-0.39, 0.29) is 16.8 Å². The Kier molecular flexibility index (Phi) is 4.74. The lowest BCUT2D eigenvalue weighted by molar-refractivity contribution is -0.154. The summed E-state index contributed by atoms with van der Waals surface area (Å²) in [5, 5.41) is 8.68. The van der Waals surface area contributed by atoms with Crippen molar-refractivity contribution >= 4 is 21.6 Å². The molecule has 1 aromatic heterocycles. The molecule has 0 aliphatic rings. The van der Waals surface area contributed by atoms with Gasteiger partial charge in [-0.25, -0.2) is 17.9 Å². The summed E-state index contributed by atoms with van der Waals surface area (Å²) < 4.78 is 81.2. The van der Waals surface area contributed by atoms with Crippen LogP contribution < -0.4 is 5.14 Å². The number of nitrogens with zero attached hydrogens (tertiary/aromatic N) is 1. The van der Waals surface area contributed by atoms with E-state index in [1.165, 1.54) is 24.3 Å². The van der Waals surface area contributed by atoms with Crippen LogP contribution in [0, 0.1) is 5.82 Å². The zero-order chi connectivity index (χ0) is 20.0. The monoisotopic (exact) mass is 420 g/mol. The molecule has 0 aliphatic heterocycles. The third kappa shape index (κ3) is 3.82. The fraction of sp³-hybridized carbons (Fsp3) is 0.0625. The second-order valence-electron chi connectivity index (χ2n) is 5.43. The molecular weight excluding hydrogens is 412 g/mol. The molecule has 0 radical (unpaired) electrons. The Morgan fingerprint density at radius 3 is 2.15 bits per heavy atom. The van der Waals surface area contributed by atoms with Crippen molar-refractivity contribution in [3.63, 3.8) is 0 Å². The number of halogens is 5. The molecular formula is C16H9ClF4N2O3S. The quantitative estimate of drug-likeness (QED) is 0.633. The van der Waals surface area contributed by atoms with Gasteiger partial charge in [-0.2, -0.15) is 13.2 Å². The molecule has 3 aromatic rings. The van der Waals surface area contributed by atoms with E-state index in [2.05, 4.69) is 9.68 Å². The fourth-order valence-electron chi connectivity index (χ4n) is 2.44. The van der Waals surface area contributed by atoms with Gasteiger partial charge in [0.15, 0.2) is 0 Å². The number of benzene rings is 2. The summed E-state index contributed by atoms with van der Waals surface area (Å²) in [6, 6.07) is 8.10. The highest BCUT2D eigenvalue weighted by Gasteiger charge is 2.41. The predicted octanol–water partition coefficient (Wildman–Crippen LogP) is 4.47. The molecule has 0 bridgehead atoms. The van der Waals surface area contributed by atoms with Gasteiger partial charge < -0.3 is 4.52 Å². The van der Waals surface area contributed by atoms with Crippen LogP contribution in [-0.2, 0) is 16.2 Å². The van der Waals surface area contributed by atoms with E-state index < -0.39 is 38.2 Å². The highest BCUT2D eigenvalue weighted by atomic mass is 35.5. The van der Waals surface area contributed by atoms with Crippen molar-refractivity contribution in [1.29, 1.82) is 0 Å². The Balaban J connectivity index is 2.26. The predicted molar refractivity (Wildman–Crippen MR) is 88.7 cm³/mol. The summed E-state index contributed by atoms with van der Waals surface area (Å²) in [5.41, 5.74) is -0.783. The van der Waals surface area contributed by atoms with Gasteiger partial charge in [0.25, 0.3) is 0 Å². The highest BCUT2D eigenvalue weighted by molar-refractivity contribution is 7.89. The normalized spacial score (nSPS) is 12.4. The number of aromatic nitrogens is 1. The molecule has 11 heteroatoms. The van der Waals surface area contributed by atoms with Crippen LogP contribution >= 0.6 is 11.6 Å². The van der Waals surface area contributed by atoms with Gasteiger partial charge in [-0.05, 0) is 29.8 Å². The first-order valence-corrected chi connectivity index (χ1v) is 9.06. The second-order valence-corrected chi connectivity index (χ2v) is 7.40. The molecule has 2 aromatic carbocycles. The van der Waals surface area contributed by atoms with Crippen LogP contribution in [0.5, 0.6) is 0 Å². The second kappa shape index (κ2) is 6.63. The highest BCUT2D eigenvalue weighted by Crippen LogP contribution is 2.43. The SMILES string of the molecule is NS(=O)(=O)c1ccc(-c2c(-c3ccc(Cl)cc3)noc2C(F)(F)F)cc1F. The Labute approximate surface area is 155 Å². The van der Waals surface area contributed by atoms with Crippen LogP contribution in [0.2, 0.25) is 5.02 Å². The van der Waals surface area contributed by atoms with E-state index in [1.54, 1.807) is 0 Å². The molecule has 0 atom stereocenters. The molecule has 0 amide bonds. The zero-order valence-electron chi connectivity index (χ0n) is 13.1. The number of hydrogen-bond acceptors (Lipinski definition) is 4. The summed E-state index contributed by atoms with van der Waals surface area (Å²) in [6.07, 6.45) is -4.91. The summed E-state index contributed by atoms with van der Waals surface area (Å²) in [5.74, 6) is -2.75. The summed E-state index contributed by atoms with van der Waals surface area (Å²) in [7, 11) is -4.38. The summed E-state index contributed by atoms with van der Waals surface area (Å²) >= 11 is 5.77. The van der Waals surface area contributed by atoms with Crippen molar-refractivity contribution in [3.05, 3.63) is 59.1 Å². The molecule has 0 saturated heterocycles. The van der Waals surface area contributed by atoms with Gasteiger partial charge in [-0.15, -0.1) is 0 Å². The van der Waals surface area contributed by atoms with Crippen molar-refractivity contribution in [2.45, 2.75) is 11.1 Å². The van der Waals surface area contributed by atoms with Crippen molar-refractivity contribution < 1.29 is 30.5 Å². The smallest absolute Gasteiger partial charge is 0.350 e. The standard InChI is InChI=1S/C16H9ClF4N2O3S/c17-10-4-1-8(2-5-10)14-13(15(26-23-14)16(19,20)21)9-3-6-12(11(18)7-9)27(22,24)25/h1-7H,(H2,22,24,25). The average Bonchev–Trinajstić information content (AvgIpc) is 2.99. The molecule has 0 spiro atoms. The first-order chi connectivity index (χ1) is 12.5. The van der Waals surface area contributed by atoms with Gasteiger partial charge in [-0.1, -0.05) is 35.0 Å². The van der Waals surface area contributed by atoms with E-state index in [0.717, 1.165) is 12.1 Å². The zero-order valence-corrected chi connectivity index (χ0v) is 14.7. The van der Waals surface area contributed by atoms with Gasteiger partial charge in [0, 0.05) is 10.6 Å². The number of rotatable bonds is 3. The van der Waals surface area contributed by atoms with Crippen LogP contribution in [-0.4, -0.2) is 13.6 Å². The lowest BCUT2D eigenvalue weighted by atomic mass is 9.99. The minimum atomic E-state index is -4.91.